The van der Waals surface area contributed by atoms with E-state index in [9.17, 15) is 9.18 Å². The van der Waals surface area contributed by atoms with Crippen LogP contribution in [-0.4, -0.2) is 29.9 Å². The van der Waals surface area contributed by atoms with Gasteiger partial charge in [0.25, 0.3) is 5.91 Å². The minimum absolute atomic E-state index is 0.283. The van der Waals surface area contributed by atoms with Gasteiger partial charge >= 0.3 is 0 Å². The Morgan fingerprint density at radius 3 is 2.50 bits per heavy atom. The lowest BCUT2D eigenvalue weighted by Gasteiger charge is -2.10. The highest BCUT2D eigenvalue weighted by Crippen LogP contribution is 2.28. The van der Waals surface area contributed by atoms with Gasteiger partial charge < -0.3 is 14.8 Å². The van der Waals surface area contributed by atoms with Gasteiger partial charge in [0.05, 0.1) is 37.8 Å². The van der Waals surface area contributed by atoms with E-state index in [0.29, 0.717) is 34.0 Å². The van der Waals surface area contributed by atoms with Crippen LogP contribution >= 0.6 is 0 Å². The highest BCUT2D eigenvalue weighted by atomic mass is 19.1. The molecule has 0 spiro atoms. The van der Waals surface area contributed by atoms with E-state index in [2.05, 4.69) is 10.4 Å². The number of hydrogen-bond acceptors (Lipinski definition) is 4. The zero-order valence-electron chi connectivity index (χ0n) is 16.2. The van der Waals surface area contributed by atoms with E-state index < -0.39 is 0 Å². The van der Waals surface area contributed by atoms with Gasteiger partial charge in [-0.15, -0.1) is 0 Å². The first-order valence-electron chi connectivity index (χ1n) is 8.75. The normalized spacial score (nSPS) is 10.6. The number of rotatable bonds is 6. The Kier molecular flexibility index (Phi) is 5.63. The summed E-state index contributed by atoms with van der Waals surface area (Å²) in [6, 6.07) is 11.5. The predicted octanol–water partition coefficient (Wildman–Crippen LogP) is 3.96. The second-order valence-electron chi connectivity index (χ2n) is 6.32. The summed E-state index contributed by atoms with van der Waals surface area (Å²) in [7, 11) is 3.05. The van der Waals surface area contributed by atoms with Crippen LogP contribution in [0.2, 0.25) is 0 Å². The molecule has 7 heteroatoms. The van der Waals surface area contributed by atoms with Crippen molar-refractivity contribution in [3.8, 4) is 11.5 Å². The van der Waals surface area contributed by atoms with Crippen LogP contribution in [0.5, 0.6) is 11.5 Å². The fourth-order valence-electron chi connectivity index (χ4n) is 2.98. The fraction of sp³-hybridized carbons (Fsp3) is 0.238. The van der Waals surface area contributed by atoms with Gasteiger partial charge in [0.2, 0.25) is 0 Å². The number of aryl methyl sites for hydroxylation is 1. The molecule has 0 unspecified atom stereocenters. The quantitative estimate of drug-likeness (QED) is 0.700. The third-order valence-corrected chi connectivity index (χ3v) is 4.54. The van der Waals surface area contributed by atoms with Gasteiger partial charge in [0.15, 0.2) is 11.5 Å². The number of hydrogen-bond donors (Lipinski definition) is 1. The van der Waals surface area contributed by atoms with Gasteiger partial charge in [-0.3, -0.25) is 9.48 Å². The van der Waals surface area contributed by atoms with E-state index in [1.54, 1.807) is 48.0 Å². The van der Waals surface area contributed by atoms with E-state index in [0.717, 1.165) is 5.69 Å². The number of anilines is 1. The summed E-state index contributed by atoms with van der Waals surface area (Å²) in [6.07, 6.45) is 0. The number of ether oxygens (including phenoxy) is 2. The molecular formula is C21H22FN3O3. The first-order valence-corrected chi connectivity index (χ1v) is 8.75. The van der Waals surface area contributed by atoms with Gasteiger partial charge in [0.1, 0.15) is 5.82 Å². The van der Waals surface area contributed by atoms with E-state index >= 15 is 0 Å². The molecule has 0 bridgehead atoms. The van der Waals surface area contributed by atoms with Crippen LogP contribution in [0.1, 0.15) is 27.3 Å². The number of methoxy groups -OCH3 is 2. The number of nitrogens with one attached hydrogen (secondary N) is 1. The molecule has 0 saturated heterocycles. The summed E-state index contributed by atoms with van der Waals surface area (Å²) in [4.78, 5) is 12.7. The SMILES string of the molecule is COc1ccc(C(=O)Nc2c(C)nn(Cc3ccccc3F)c2C)cc1OC. The second kappa shape index (κ2) is 8.12. The Labute approximate surface area is 162 Å². The molecule has 0 atom stereocenters. The Morgan fingerprint density at radius 1 is 1.11 bits per heavy atom. The number of aromatic nitrogens is 2. The van der Waals surface area contributed by atoms with Crippen molar-refractivity contribution in [2.75, 3.05) is 19.5 Å². The van der Waals surface area contributed by atoms with Crippen LogP contribution < -0.4 is 14.8 Å². The lowest BCUT2D eigenvalue weighted by atomic mass is 10.1. The number of benzene rings is 2. The molecule has 146 valence electrons. The average Bonchev–Trinajstić information content (AvgIpc) is 2.96. The van der Waals surface area contributed by atoms with Crippen LogP contribution in [0.4, 0.5) is 10.1 Å². The molecule has 0 saturated carbocycles. The molecular weight excluding hydrogens is 361 g/mol. The van der Waals surface area contributed by atoms with Crippen molar-refractivity contribution in [1.82, 2.24) is 9.78 Å². The summed E-state index contributed by atoms with van der Waals surface area (Å²) in [5.41, 5.74) is 2.97. The van der Waals surface area contributed by atoms with Crippen molar-refractivity contribution in [3.05, 3.63) is 70.8 Å². The Hall–Kier alpha value is -3.35. The largest absolute Gasteiger partial charge is 0.493 e. The molecule has 0 aliphatic carbocycles. The highest BCUT2D eigenvalue weighted by Gasteiger charge is 2.17. The van der Waals surface area contributed by atoms with Crippen molar-refractivity contribution < 1.29 is 18.7 Å². The zero-order chi connectivity index (χ0) is 20.3. The minimum Gasteiger partial charge on any atom is -0.493 e. The number of amides is 1. The van der Waals surface area contributed by atoms with Crippen LogP contribution in [-0.2, 0) is 6.54 Å². The van der Waals surface area contributed by atoms with Gasteiger partial charge in [-0.25, -0.2) is 4.39 Å². The van der Waals surface area contributed by atoms with E-state index in [4.69, 9.17) is 9.47 Å². The van der Waals surface area contributed by atoms with Crippen molar-refractivity contribution >= 4 is 11.6 Å². The molecule has 3 rings (SSSR count). The molecule has 2 aromatic carbocycles. The molecule has 3 aromatic rings. The second-order valence-corrected chi connectivity index (χ2v) is 6.32. The third-order valence-electron chi connectivity index (χ3n) is 4.54. The summed E-state index contributed by atoms with van der Waals surface area (Å²) in [5.74, 6) is 0.437. The van der Waals surface area contributed by atoms with E-state index in [-0.39, 0.29) is 18.3 Å². The number of nitrogens with zero attached hydrogens (tertiary/aromatic N) is 2. The van der Waals surface area contributed by atoms with Crippen LogP contribution in [0.3, 0.4) is 0 Å². The number of carbonyl (C=O) groups excluding carboxylic acids is 1. The molecule has 0 fully saturated rings. The van der Waals surface area contributed by atoms with Gasteiger partial charge in [-0.05, 0) is 38.1 Å². The highest BCUT2D eigenvalue weighted by molar-refractivity contribution is 6.05. The minimum atomic E-state index is -0.294. The van der Waals surface area contributed by atoms with Crippen molar-refractivity contribution in [1.29, 1.82) is 0 Å². The maximum atomic E-state index is 13.9. The molecule has 1 heterocycles. The predicted molar refractivity (Wildman–Crippen MR) is 105 cm³/mol. The maximum Gasteiger partial charge on any atom is 0.255 e. The number of halogens is 1. The van der Waals surface area contributed by atoms with E-state index in [1.807, 2.05) is 6.92 Å². The molecule has 0 aliphatic rings. The van der Waals surface area contributed by atoms with Gasteiger partial charge in [-0.2, -0.15) is 5.10 Å². The molecule has 6 nitrogen and oxygen atoms in total. The Morgan fingerprint density at radius 2 is 1.82 bits per heavy atom. The smallest absolute Gasteiger partial charge is 0.255 e. The summed E-state index contributed by atoms with van der Waals surface area (Å²) < 4.78 is 26.1. The summed E-state index contributed by atoms with van der Waals surface area (Å²) >= 11 is 0. The van der Waals surface area contributed by atoms with E-state index in [1.165, 1.54) is 20.3 Å². The molecule has 1 N–H and O–H groups in total. The summed E-state index contributed by atoms with van der Waals surface area (Å²) in [5, 5.41) is 7.34. The average molecular weight is 383 g/mol. The molecule has 0 aliphatic heterocycles. The topological polar surface area (TPSA) is 65.4 Å². The first-order chi connectivity index (χ1) is 13.4. The lowest BCUT2D eigenvalue weighted by Crippen LogP contribution is -2.13. The maximum absolute atomic E-state index is 13.9. The van der Waals surface area contributed by atoms with Crippen molar-refractivity contribution in [2.24, 2.45) is 0 Å². The van der Waals surface area contributed by atoms with Gasteiger partial charge in [-0.1, -0.05) is 18.2 Å². The molecule has 1 aromatic heterocycles. The molecule has 0 radical (unpaired) electrons. The van der Waals surface area contributed by atoms with Gasteiger partial charge in [0, 0.05) is 11.1 Å². The van der Waals surface area contributed by atoms with Crippen LogP contribution in [0.25, 0.3) is 0 Å². The fourth-order valence-corrected chi connectivity index (χ4v) is 2.98. The van der Waals surface area contributed by atoms with Crippen LogP contribution in [0.15, 0.2) is 42.5 Å². The standard InChI is InChI=1S/C21H22FN3O3/c1-13-20(14(2)25(24-13)12-16-7-5-6-8-17(16)22)23-21(26)15-9-10-18(27-3)19(11-15)28-4/h5-11H,12H2,1-4H3,(H,23,26). The Bertz CT molecular complexity index is 1010. The summed E-state index contributed by atoms with van der Waals surface area (Å²) in [6.45, 7) is 3.92. The number of carbonyl (C=O) groups is 1. The molecule has 28 heavy (non-hydrogen) atoms. The monoisotopic (exact) mass is 383 g/mol. The zero-order valence-corrected chi connectivity index (χ0v) is 16.2. The lowest BCUT2D eigenvalue weighted by molar-refractivity contribution is 0.102. The van der Waals surface area contributed by atoms with Crippen molar-refractivity contribution in [3.63, 3.8) is 0 Å². The van der Waals surface area contributed by atoms with Crippen molar-refractivity contribution in [2.45, 2.75) is 20.4 Å². The molecule has 1 amide bonds. The first kappa shape index (κ1) is 19.4. The third kappa shape index (κ3) is 3.83. The van der Waals surface area contributed by atoms with Crippen LogP contribution in [0, 0.1) is 19.7 Å². The Balaban J connectivity index is 1.84.